The highest BCUT2D eigenvalue weighted by Gasteiger charge is 2.25. The number of hydrogen-bond acceptors (Lipinski definition) is 4. The quantitative estimate of drug-likeness (QED) is 0.648. The molecule has 2 aromatic rings. The van der Waals surface area contributed by atoms with E-state index in [0.717, 1.165) is 12.0 Å². The molecule has 0 bridgehead atoms. The molecule has 2 amide bonds. The molecule has 158 valence electrons. The number of sulfonamides is 1. The lowest BCUT2D eigenvalue weighted by Crippen LogP contribution is -2.34. The number of para-hydroxylation sites is 1. The number of aromatic nitrogens is 1. The Morgan fingerprint density at radius 2 is 1.76 bits per heavy atom. The Bertz CT molecular complexity index is 978. The van der Waals surface area contributed by atoms with Crippen molar-refractivity contribution in [1.82, 2.24) is 14.2 Å². The number of benzene rings is 1. The van der Waals surface area contributed by atoms with Crippen LogP contribution in [0.2, 0.25) is 0 Å². The molecule has 0 radical (unpaired) electrons. The number of anilines is 1. The van der Waals surface area contributed by atoms with Gasteiger partial charge in [0, 0.05) is 32.0 Å². The van der Waals surface area contributed by atoms with Crippen LogP contribution in [0.15, 0.2) is 41.4 Å². The van der Waals surface area contributed by atoms with Crippen molar-refractivity contribution in [3.8, 4) is 0 Å². The molecule has 1 aromatic carbocycles. The third-order valence-corrected chi connectivity index (χ3v) is 6.65. The summed E-state index contributed by atoms with van der Waals surface area (Å²) >= 11 is 0. The fourth-order valence-corrected chi connectivity index (χ4v) is 4.54. The highest BCUT2D eigenvalue weighted by Crippen LogP contribution is 2.18. The molecule has 2 rings (SSSR count). The zero-order valence-corrected chi connectivity index (χ0v) is 18.0. The lowest BCUT2D eigenvalue weighted by Gasteiger charge is -2.17. The van der Waals surface area contributed by atoms with Crippen LogP contribution in [0.1, 0.15) is 36.8 Å². The van der Waals surface area contributed by atoms with E-state index < -0.39 is 15.9 Å². The normalized spacial score (nSPS) is 11.5. The Labute approximate surface area is 172 Å². The first-order valence-corrected chi connectivity index (χ1v) is 11.0. The molecule has 0 aliphatic heterocycles. The van der Waals surface area contributed by atoms with Gasteiger partial charge < -0.3 is 15.2 Å². The lowest BCUT2D eigenvalue weighted by atomic mass is 10.1. The van der Waals surface area contributed by atoms with Gasteiger partial charge in [-0.3, -0.25) is 9.59 Å². The molecule has 29 heavy (non-hydrogen) atoms. The molecule has 0 saturated carbocycles. The first kappa shape index (κ1) is 22.6. The van der Waals surface area contributed by atoms with Gasteiger partial charge in [0.2, 0.25) is 15.9 Å². The fraction of sp³-hybridized carbons (Fsp3) is 0.400. The molecular weight excluding hydrogens is 392 g/mol. The number of carbonyl (C=O) groups is 2. The predicted molar refractivity (Wildman–Crippen MR) is 112 cm³/mol. The topological polar surface area (TPSA) is 101 Å². The Morgan fingerprint density at radius 3 is 2.38 bits per heavy atom. The van der Waals surface area contributed by atoms with Crippen LogP contribution >= 0.6 is 0 Å². The van der Waals surface area contributed by atoms with Gasteiger partial charge in [-0.15, -0.1) is 0 Å². The van der Waals surface area contributed by atoms with Gasteiger partial charge in [-0.2, -0.15) is 4.31 Å². The molecule has 0 fully saturated rings. The molecule has 1 heterocycles. The number of amides is 2. The van der Waals surface area contributed by atoms with E-state index in [1.54, 1.807) is 27.0 Å². The second-order valence-electron chi connectivity index (χ2n) is 6.50. The fourth-order valence-electron chi connectivity index (χ4n) is 3.01. The SMILES string of the molecule is CCc1ccccc1NC(=O)CNC(=O)c1cc(S(=O)(=O)N(CC)CC)cn1C. The third-order valence-electron chi connectivity index (χ3n) is 4.64. The van der Waals surface area contributed by atoms with Crippen LogP contribution in [-0.4, -0.2) is 48.7 Å². The molecule has 9 heteroatoms. The summed E-state index contributed by atoms with van der Waals surface area (Å²) < 4.78 is 28.0. The first-order chi connectivity index (χ1) is 13.7. The maximum atomic E-state index is 12.6. The zero-order valence-electron chi connectivity index (χ0n) is 17.2. The van der Waals surface area contributed by atoms with Gasteiger partial charge in [0.1, 0.15) is 10.6 Å². The van der Waals surface area contributed by atoms with Crippen LogP contribution in [0.3, 0.4) is 0 Å². The summed E-state index contributed by atoms with van der Waals surface area (Å²) in [5, 5.41) is 5.32. The molecule has 0 aliphatic rings. The Kier molecular flexibility index (Phi) is 7.58. The molecule has 0 spiro atoms. The van der Waals surface area contributed by atoms with Crippen molar-refractivity contribution in [2.75, 3.05) is 25.0 Å². The summed E-state index contributed by atoms with van der Waals surface area (Å²) in [5.41, 5.74) is 1.87. The Balaban J connectivity index is 2.06. The van der Waals surface area contributed by atoms with Crippen molar-refractivity contribution in [3.63, 3.8) is 0 Å². The van der Waals surface area contributed by atoms with Gasteiger partial charge in [-0.1, -0.05) is 39.0 Å². The average molecular weight is 421 g/mol. The lowest BCUT2D eigenvalue weighted by molar-refractivity contribution is -0.115. The number of aryl methyl sites for hydroxylation is 2. The van der Waals surface area contributed by atoms with Crippen molar-refractivity contribution in [2.24, 2.45) is 7.05 Å². The van der Waals surface area contributed by atoms with E-state index >= 15 is 0 Å². The molecule has 0 unspecified atom stereocenters. The summed E-state index contributed by atoms with van der Waals surface area (Å²) in [4.78, 5) is 24.7. The van der Waals surface area contributed by atoms with Gasteiger partial charge >= 0.3 is 0 Å². The number of nitrogens with one attached hydrogen (secondary N) is 2. The third kappa shape index (κ3) is 5.24. The van der Waals surface area contributed by atoms with Crippen LogP contribution in [0.5, 0.6) is 0 Å². The standard InChI is InChI=1S/C20H28N4O4S/c1-5-15-10-8-9-11-17(15)22-19(25)13-21-20(26)18-12-16(14-23(18)4)29(27,28)24(6-2)7-3/h8-12,14H,5-7,13H2,1-4H3,(H,21,26)(H,22,25). The Morgan fingerprint density at radius 1 is 1.10 bits per heavy atom. The summed E-state index contributed by atoms with van der Waals surface area (Å²) in [7, 11) is -2.07. The van der Waals surface area contributed by atoms with Gasteiger partial charge in [-0.05, 0) is 24.1 Å². The van der Waals surface area contributed by atoms with Crippen LogP contribution in [-0.2, 0) is 28.3 Å². The van der Waals surface area contributed by atoms with Crippen LogP contribution in [0.4, 0.5) is 5.69 Å². The molecule has 0 saturated heterocycles. The second-order valence-corrected chi connectivity index (χ2v) is 8.44. The van der Waals surface area contributed by atoms with Gasteiger partial charge in [0.15, 0.2) is 0 Å². The maximum absolute atomic E-state index is 12.6. The Hall–Kier alpha value is -2.65. The monoisotopic (exact) mass is 420 g/mol. The molecule has 0 atom stereocenters. The van der Waals surface area contributed by atoms with Crippen molar-refractivity contribution >= 4 is 27.5 Å². The van der Waals surface area contributed by atoms with Crippen molar-refractivity contribution in [1.29, 1.82) is 0 Å². The minimum absolute atomic E-state index is 0.0511. The van der Waals surface area contributed by atoms with Gasteiger partial charge in [0.25, 0.3) is 5.91 Å². The van der Waals surface area contributed by atoms with Crippen molar-refractivity contribution < 1.29 is 18.0 Å². The molecule has 0 aliphatic carbocycles. The van der Waals surface area contributed by atoms with E-state index in [-0.39, 0.29) is 23.0 Å². The summed E-state index contributed by atoms with van der Waals surface area (Å²) in [5.74, 6) is -0.878. The number of hydrogen-bond donors (Lipinski definition) is 2. The van der Waals surface area contributed by atoms with Gasteiger partial charge in [0.05, 0.1) is 6.54 Å². The number of rotatable bonds is 9. The second kappa shape index (κ2) is 9.71. The number of carbonyl (C=O) groups excluding carboxylic acids is 2. The highest BCUT2D eigenvalue weighted by molar-refractivity contribution is 7.89. The predicted octanol–water partition coefficient (Wildman–Crippen LogP) is 1.99. The summed E-state index contributed by atoms with van der Waals surface area (Å²) in [6, 6.07) is 8.79. The summed E-state index contributed by atoms with van der Waals surface area (Å²) in [6.45, 7) is 5.97. The number of nitrogens with zero attached hydrogens (tertiary/aromatic N) is 2. The average Bonchev–Trinajstić information content (AvgIpc) is 3.10. The maximum Gasteiger partial charge on any atom is 0.268 e. The van der Waals surface area contributed by atoms with E-state index in [4.69, 9.17) is 0 Å². The van der Waals surface area contributed by atoms with E-state index in [1.807, 2.05) is 25.1 Å². The highest BCUT2D eigenvalue weighted by atomic mass is 32.2. The van der Waals surface area contributed by atoms with E-state index in [9.17, 15) is 18.0 Å². The molecule has 1 aromatic heterocycles. The van der Waals surface area contributed by atoms with Gasteiger partial charge in [-0.25, -0.2) is 8.42 Å². The van der Waals surface area contributed by atoms with E-state index in [2.05, 4.69) is 10.6 Å². The largest absolute Gasteiger partial charge is 0.345 e. The zero-order chi connectivity index (χ0) is 21.6. The smallest absolute Gasteiger partial charge is 0.268 e. The minimum Gasteiger partial charge on any atom is -0.345 e. The summed E-state index contributed by atoms with van der Waals surface area (Å²) in [6.07, 6.45) is 2.18. The van der Waals surface area contributed by atoms with Crippen LogP contribution < -0.4 is 10.6 Å². The van der Waals surface area contributed by atoms with E-state index in [1.165, 1.54) is 21.1 Å². The van der Waals surface area contributed by atoms with Crippen LogP contribution in [0.25, 0.3) is 0 Å². The van der Waals surface area contributed by atoms with Crippen molar-refractivity contribution in [2.45, 2.75) is 32.1 Å². The molecule has 2 N–H and O–H groups in total. The molecular formula is C20H28N4O4S. The van der Waals surface area contributed by atoms with Crippen molar-refractivity contribution in [3.05, 3.63) is 47.8 Å². The first-order valence-electron chi connectivity index (χ1n) is 9.57. The van der Waals surface area contributed by atoms with E-state index in [0.29, 0.717) is 18.8 Å². The minimum atomic E-state index is -3.66. The van der Waals surface area contributed by atoms with Crippen LogP contribution in [0, 0.1) is 0 Å². The molecule has 8 nitrogen and oxygen atoms in total.